The molecule has 0 aliphatic heterocycles. The number of ether oxygens (including phenoxy) is 2. The summed E-state index contributed by atoms with van der Waals surface area (Å²) in [6.07, 6.45) is 1.66. The number of hydrogen-bond acceptors (Lipinski definition) is 3. The van der Waals surface area contributed by atoms with Crippen LogP contribution in [0.25, 0.3) is 0 Å². The summed E-state index contributed by atoms with van der Waals surface area (Å²) < 4.78 is 10.4. The van der Waals surface area contributed by atoms with E-state index in [4.69, 9.17) is 15.2 Å². The Morgan fingerprint density at radius 3 is 2.53 bits per heavy atom. The number of nitrogens with two attached hydrogens (primary N) is 1. The van der Waals surface area contributed by atoms with Crippen molar-refractivity contribution in [1.82, 2.24) is 0 Å². The third kappa shape index (κ3) is 3.69. The maximum Gasteiger partial charge on any atom is 0.161 e. The van der Waals surface area contributed by atoms with Crippen LogP contribution in [0.1, 0.15) is 31.4 Å². The standard InChI is InChI=1S/C14H19NO2/c1-4-5-6-7-12(15)11-8-9-13(16-2)14(10-11)17-3/h8-10,12H,6-7,15H2,1-3H3. The van der Waals surface area contributed by atoms with E-state index in [0.29, 0.717) is 5.75 Å². The molecule has 1 unspecified atom stereocenters. The molecule has 0 aliphatic rings. The fourth-order valence-electron chi connectivity index (χ4n) is 1.60. The molecule has 0 radical (unpaired) electrons. The lowest BCUT2D eigenvalue weighted by Crippen LogP contribution is -2.10. The quantitative estimate of drug-likeness (QED) is 0.795. The molecule has 1 rings (SSSR count). The van der Waals surface area contributed by atoms with E-state index in [1.54, 1.807) is 14.2 Å². The lowest BCUT2D eigenvalue weighted by atomic mass is 10.0. The fraction of sp³-hybridized carbons (Fsp3) is 0.429. The summed E-state index contributed by atoms with van der Waals surface area (Å²) in [7, 11) is 3.24. The van der Waals surface area contributed by atoms with Crippen molar-refractivity contribution in [3.05, 3.63) is 23.8 Å². The Bertz CT molecular complexity index is 418. The predicted octanol–water partition coefficient (Wildman–Crippen LogP) is 2.51. The molecule has 17 heavy (non-hydrogen) atoms. The Morgan fingerprint density at radius 1 is 1.24 bits per heavy atom. The largest absolute Gasteiger partial charge is 0.493 e. The summed E-state index contributed by atoms with van der Waals surface area (Å²) >= 11 is 0. The van der Waals surface area contributed by atoms with Crippen molar-refractivity contribution in [2.24, 2.45) is 5.73 Å². The summed E-state index contributed by atoms with van der Waals surface area (Å²) in [5.74, 6) is 7.31. The maximum absolute atomic E-state index is 6.09. The first-order valence-electron chi connectivity index (χ1n) is 5.60. The Balaban J connectivity index is 2.79. The first-order chi connectivity index (χ1) is 8.22. The van der Waals surface area contributed by atoms with Gasteiger partial charge in [0.25, 0.3) is 0 Å². The Hall–Kier alpha value is -1.66. The molecule has 0 fully saturated rings. The van der Waals surface area contributed by atoms with Crippen molar-refractivity contribution in [1.29, 1.82) is 0 Å². The molecule has 0 saturated heterocycles. The highest BCUT2D eigenvalue weighted by Crippen LogP contribution is 2.30. The Morgan fingerprint density at radius 2 is 1.94 bits per heavy atom. The van der Waals surface area contributed by atoms with Crippen LogP contribution < -0.4 is 15.2 Å². The van der Waals surface area contributed by atoms with Gasteiger partial charge >= 0.3 is 0 Å². The monoisotopic (exact) mass is 233 g/mol. The van der Waals surface area contributed by atoms with Gasteiger partial charge in [0.1, 0.15) is 0 Å². The van der Waals surface area contributed by atoms with Crippen LogP contribution in [0.5, 0.6) is 11.5 Å². The molecule has 0 spiro atoms. The first-order valence-corrected chi connectivity index (χ1v) is 5.60. The van der Waals surface area contributed by atoms with Crippen LogP contribution in [0.3, 0.4) is 0 Å². The minimum Gasteiger partial charge on any atom is -0.493 e. The van der Waals surface area contributed by atoms with Gasteiger partial charge in [0.2, 0.25) is 0 Å². The smallest absolute Gasteiger partial charge is 0.161 e. The number of rotatable bonds is 5. The zero-order valence-electron chi connectivity index (χ0n) is 10.6. The van der Waals surface area contributed by atoms with Gasteiger partial charge in [0.05, 0.1) is 14.2 Å². The van der Waals surface area contributed by atoms with Crippen LogP contribution in [0, 0.1) is 11.8 Å². The van der Waals surface area contributed by atoms with Gasteiger partial charge in [-0.1, -0.05) is 6.07 Å². The normalized spacial score (nSPS) is 11.3. The Kier molecular flexibility index (Phi) is 5.38. The van der Waals surface area contributed by atoms with Crippen molar-refractivity contribution in [3.8, 4) is 23.3 Å². The zero-order chi connectivity index (χ0) is 12.7. The highest BCUT2D eigenvalue weighted by atomic mass is 16.5. The molecule has 1 aromatic carbocycles. The summed E-state index contributed by atoms with van der Waals surface area (Å²) in [6, 6.07) is 5.74. The fourth-order valence-corrected chi connectivity index (χ4v) is 1.60. The summed E-state index contributed by atoms with van der Waals surface area (Å²) in [4.78, 5) is 0. The highest BCUT2D eigenvalue weighted by Gasteiger charge is 2.09. The third-order valence-corrected chi connectivity index (χ3v) is 2.59. The van der Waals surface area contributed by atoms with Crippen molar-refractivity contribution in [2.75, 3.05) is 14.2 Å². The van der Waals surface area contributed by atoms with E-state index in [1.165, 1.54) is 0 Å². The van der Waals surface area contributed by atoms with Crippen LogP contribution in [-0.4, -0.2) is 14.2 Å². The van der Waals surface area contributed by atoms with Gasteiger partial charge in [-0.3, -0.25) is 0 Å². The van der Waals surface area contributed by atoms with Crippen molar-refractivity contribution >= 4 is 0 Å². The van der Waals surface area contributed by atoms with Gasteiger partial charge in [0.15, 0.2) is 11.5 Å². The van der Waals surface area contributed by atoms with Crippen LogP contribution >= 0.6 is 0 Å². The second-order valence-corrected chi connectivity index (χ2v) is 3.69. The summed E-state index contributed by atoms with van der Waals surface area (Å²) in [5.41, 5.74) is 7.13. The minimum absolute atomic E-state index is 0.0179. The van der Waals surface area contributed by atoms with Gasteiger partial charge in [0, 0.05) is 12.5 Å². The van der Waals surface area contributed by atoms with Gasteiger partial charge in [-0.2, -0.15) is 0 Å². The van der Waals surface area contributed by atoms with E-state index in [-0.39, 0.29) is 6.04 Å². The number of hydrogen-bond donors (Lipinski definition) is 1. The number of methoxy groups -OCH3 is 2. The van der Waals surface area contributed by atoms with E-state index in [2.05, 4.69) is 11.8 Å². The molecular formula is C14H19NO2. The van der Waals surface area contributed by atoms with Gasteiger partial charge in [-0.05, 0) is 31.0 Å². The lowest BCUT2D eigenvalue weighted by molar-refractivity contribution is 0.354. The second-order valence-electron chi connectivity index (χ2n) is 3.69. The molecule has 3 nitrogen and oxygen atoms in total. The molecule has 1 atom stereocenters. The highest BCUT2D eigenvalue weighted by molar-refractivity contribution is 5.43. The summed E-state index contributed by atoms with van der Waals surface area (Å²) in [6.45, 7) is 1.84. The molecular weight excluding hydrogens is 214 g/mol. The molecule has 3 heteroatoms. The lowest BCUT2D eigenvalue weighted by Gasteiger charge is -2.13. The van der Waals surface area contributed by atoms with Crippen molar-refractivity contribution < 1.29 is 9.47 Å². The second kappa shape index (κ2) is 6.82. The zero-order valence-corrected chi connectivity index (χ0v) is 10.6. The van der Waals surface area contributed by atoms with Gasteiger partial charge < -0.3 is 15.2 Å². The van der Waals surface area contributed by atoms with E-state index in [1.807, 2.05) is 25.1 Å². The Labute approximate surface area is 103 Å². The van der Waals surface area contributed by atoms with E-state index < -0.39 is 0 Å². The van der Waals surface area contributed by atoms with Crippen molar-refractivity contribution in [3.63, 3.8) is 0 Å². The SMILES string of the molecule is CC#CCCC(N)c1ccc(OC)c(OC)c1. The topological polar surface area (TPSA) is 44.5 Å². The average molecular weight is 233 g/mol. The van der Waals surface area contributed by atoms with Crippen LogP contribution in [0.4, 0.5) is 0 Å². The molecule has 1 aromatic rings. The number of benzene rings is 1. The summed E-state index contributed by atoms with van der Waals surface area (Å²) in [5, 5.41) is 0. The van der Waals surface area contributed by atoms with E-state index in [9.17, 15) is 0 Å². The van der Waals surface area contributed by atoms with Crippen LogP contribution in [0.2, 0.25) is 0 Å². The van der Waals surface area contributed by atoms with Crippen LogP contribution in [-0.2, 0) is 0 Å². The molecule has 0 amide bonds. The van der Waals surface area contributed by atoms with Crippen LogP contribution in [0.15, 0.2) is 18.2 Å². The first kappa shape index (κ1) is 13.4. The van der Waals surface area contributed by atoms with Gasteiger partial charge in [-0.25, -0.2) is 0 Å². The predicted molar refractivity (Wildman–Crippen MR) is 69.2 cm³/mol. The molecule has 0 heterocycles. The van der Waals surface area contributed by atoms with Crippen molar-refractivity contribution in [2.45, 2.75) is 25.8 Å². The van der Waals surface area contributed by atoms with E-state index >= 15 is 0 Å². The van der Waals surface area contributed by atoms with E-state index in [0.717, 1.165) is 24.2 Å². The maximum atomic E-state index is 6.09. The minimum atomic E-state index is -0.0179. The van der Waals surface area contributed by atoms with Gasteiger partial charge in [-0.15, -0.1) is 11.8 Å². The molecule has 0 aliphatic carbocycles. The molecule has 0 saturated carbocycles. The molecule has 0 bridgehead atoms. The molecule has 2 N–H and O–H groups in total. The molecule has 92 valence electrons. The average Bonchev–Trinajstić information content (AvgIpc) is 2.38. The molecule has 0 aromatic heterocycles. The third-order valence-electron chi connectivity index (χ3n) is 2.59.